The fourth-order valence-electron chi connectivity index (χ4n) is 1.65. The highest BCUT2D eigenvalue weighted by atomic mass is 16.5. The summed E-state index contributed by atoms with van der Waals surface area (Å²) in [4.78, 5) is 21.5. The van der Waals surface area contributed by atoms with Crippen LogP contribution in [0.1, 0.15) is 20.8 Å². The lowest BCUT2D eigenvalue weighted by Crippen LogP contribution is -2.42. The van der Waals surface area contributed by atoms with E-state index in [0.717, 1.165) is 12.6 Å². The third-order valence-corrected chi connectivity index (χ3v) is 2.58. The maximum Gasteiger partial charge on any atom is 0.258 e. The van der Waals surface area contributed by atoms with Crippen molar-refractivity contribution in [3.63, 3.8) is 0 Å². The number of aromatic nitrogens is 2. The molecule has 0 saturated carbocycles. The Morgan fingerprint density at radius 1 is 1.00 bits per heavy atom. The lowest BCUT2D eigenvalue weighted by Gasteiger charge is -1.99. The van der Waals surface area contributed by atoms with E-state index in [1.54, 1.807) is 45.8 Å². The van der Waals surface area contributed by atoms with E-state index >= 15 is 0 Å². The van der Waals surface area contributed by atoms with Crippen LogP contribution in [0.25, 0.3) is 0 Å². The number of carbonyl (C=O) groups is 2. The SMILES string of the molecule is O=Cc1ccc[n+](COC[n+]2ccccc2C=O)c1. The molecule has 0 aliphatic carbocycles. The zero-order chi connectivity index (χ0) is 13.5. The van der Waals surface area contributed by atoms with Gasteiger partial charge in [0.05, 0.1) is 5.56 Å². The van der Waals surface area contributed by atoms with Gasteiger partial charge in [-0.05, 0) is 12.1 Å². The highest BCUT2D eigenvalue weighted by molar-refractivity contribution is 5.73. The molecule has 5 nitrogen and oxygen atoms in total. The van der Waals surface area contributed by atoms with Gasteiger partial charge in [-0.25, -0.2) is 0 Å². The predicted octanol–water partition coefficient (Wildman–Crippen LogP) is 0.518. The van der Waals surface area contributed by atoms with E-state index in [9.17, 15) is 9.59 Å². The molecule has 0 bridgehead atoms. The lowest BCUT2D eigenvalue weighted by atomic mass is 10.3. The molecule has 0 fully saturated rings. The molecule has 2 aromatic rings. The van der Waals surface area contributed by atoms with Crippen LogP contribution in [0.4, 0.5) is 0 Å². The van der Waals surface area contributed by atoms with Gasteiger partial charge in [-0.2, -0.15) is 9.13 Å². The molecule has 0 atom stereocenters. The zero-order valence-electron chi connectivity index (χ0n) is 10.3. The van der Waals surface area contributed by atoms with Crippen LogP contribution < -0.4 is 9.13 Å². The van der Waals surface area contributed by atoms with Crippen molar-refractivity contribution >= 4 is 12.6 Å². The molecule has 2 aromatic heterocycles. The third kappa shape index (κ3) is 3.53. The monoisotopic (exact) mass is 258 g/mol. The number of aldehydes is 2. The Kier molecular flexibility index (Phi) is 4.47. The van der Waals surface area contributed by atoms with Crippen molar-refractivity contribution < 1.29 is 23.5 Å². The first kappa shape index (κ1) is 13.0. The summed E-state index contributed by atoms with van der Waals surface area (Å²) in [6.07, 6.45) is 6.85. The highest BCUT2D eigenvalue weighted by Gasteiger charge is 2.09. The average Bonchev–Trinajstić information content (AvgIpc) is 2.48. The molecule has 0 unspecified atom stereocenters. The number of hydrogen-bond acceptors (Lipinski definition) is 3. The van der Waals surface area contributed by atoms with E-state index in [0.29, 0.717) is 18.0 Å². The van der Waals surface area contributed by atoms with Crippen LogP contribution in [0.3, 0.4) is 0 Å². The molecule has 0 amide bonds. The van der Waals surface area contributed by atoms with Crippen molar-refractivity contribution in [3.8, 4) is 0 Å². The summed E-state index contributed by atoms with van der Waals surface area (Å²) in [5.74, 6) is 0. The van der Waals surface area contributed by atoms with Gasteiger partial charge < -0.3 is 0 Å². The average molecular weight is 258 g/mol. The van der Waals surface area contributed by atoms with Crippen molar-refractivity contribution in [1.29, 1.82) is 0 Å². The van der Waals surface area contributed by atoms with Gasteiger partial charge in [0.1, 0.15) is 0 Å². The van der Waals surface area contributed by atoms with Gasteiger partial charge in [-0.1, -0.05) is 0 Å². The highest BCUT2D eigenvalue weighted by Crippen LogP contribution is 1.90. The molecular formula is C14H14N2O3+2. The second-order valence-corrected chi connectivity index (χ2v) is 3.94. The molecule has 2 heterocycles. The summed E-state index contributed by atoms with van der Waals surface area (Å²) in [6.45, 7) is 0.578. The quantitative estimate of drug-likeness (QED) is 0.560. The van der Waals surface area contributed by atoms with Crippen molar-refractivity contribution in [2.75, 3.05) is 0 Å². The fourth-order valence-corrected chi connectivity index (χ4v) is 1.65. The van der Waals surface area contributed by atoms with Gasteiger partial charge in [0, 0.05) is 18.2 Å². The fraction of sp³-hybridized carbons (Fsp3) is 0.143. The van der Waals surface area contributed by atoms with Gasteiger partial charge in [-0.3, -0.25) is 14.3 Å². The normalized spacial score (nSPS) is 10.1. The topological polar surface area (TPSA) is 51.1 Å². The van der Waals surface area contributed by atoms with E-state index < -0.39 is 0 Å². The molecule has 0 spiro atoms. The Balaban J connectivity index is 1.96. The van der Waals surface area contributed by atoms with Gasteiger partial charge >= 0.3 is 0 Å². The summed E-state index contributed by atoms with van der Waals surface area (Å²) >= 11 is 0. The first-order valence-electron chi connectivity index (χ1n) is 5.79. The van der Waals surface area contributed by atoms with Crippen molar-refractivity contribution in [3.05, 3.63) is 60.2 Å². The van der Waals surface area contributed by atoms with Crippen molar-refractivity contribution in [2.45, 2.75) is 13.5 Å². The first-order chi connectivity index (χ1) is 9.33. The second kappa shape index (κ2) is 6.51. The smallest absolute Gasteiger partial charge is 0.258 e. The van der Waals surface area contributed by atoms with Crippen molar-refractivity contribution in [2.24, 2.45) is 0 Å². The molecule has 5 heteroatoms. The minimum Gasteiger partial charge on any atom is -0.298 e. The van der Waals surface area contributed by atoms with Crippen molar-refractivity contribution in [1.82, 2.24) is 0 Å². The largest absolute Gasteiger partial charge is 0.298 e. The lowest BCUT2D eigenvalue weighted by molar-refractivity contribution is -0.789. The molecule has 0 radical (unpaired) electrons. The number of pyridine rings is 2. The maximum absolute atomic E-state index is 10.8. The number of carbonyl (C=O) groups excluding carboxylic acids is 2. The summed E-state index contributed by atoms with van der Waals surface area (Å²) in [6, 6.07) is 8.84. The van der Waals surface area contributed by atoms with E-state index in [2.05, 4.69) is 0 Å². The Bertz CT molecular complexity index is 584. The molecule has 0 saturated heterocycles. The molecule has 0 aliphatic rings. The molecule has 19 heavy (non-hydrogen) atoms. The van der Waals surface area contributed by atoms with Crippen LogP contribution >= 0.6 is 0 Å². The van der Waals surface area contributed by atoms with Gasteiger partial charge in [0.2, 0.25) is 12.0 Å². The van der Waals surface area contributed by atoms with Crippen LogP contribution in [0.5, 0.6) is 0 Å². The number of hydrogen-bond donors (Lipinski definition) is 0. The number of nitrogens with zero attached hydrogens (tertiary/aromatic N) is 2. The molecule has 0 N–H and O–H groups in total. The van der Waals surface area contributed by atoms with Crippen LogP contribution in [0.15, 0.2) is 48.9 Å². The summed E-state index contributed by atoms with van der Waals surface area (Å²) in [7, 11) is 0. The molecular weight excluding hydrogens is 244 g/mol. The zero-order valence-corrected chi connectivity index (χ0v) is 10.3. The number of rotatable bonds is 6. The molecule has 0 aliphatic heterocycles. The Labute approximate surface area is 110 Å². The Hall–Kier alpha value is -2.40. The van der Waals surface area contributed by atoms with E-state index in [-0.39, 0.29) is 6.73 Å². The first-order valence-corrected chi connectivity index (χ1v) is 5.79. The molecule has 0 aromatic carbocycles. The van der Waals surface area contributed by atoms with E-state index in [4.69, 9.17) is 4.74 Å². The van der Waals surface area contributed by atoms with Gasteiger partial charge in [0.15, 0.2) is 24.9 Å². The number of ether oxygens (including phenoxy) is 1. The third-order valence-electron chi connectivity index (χ3n) is 2.58. The van der Waals surface area contributed by atoms with Crippen LogP contribution in [0, 0.1) is 0 Å². The Morgan fingerprint density at radius 3 is 2.68 bits per heavy atom. The van der Waals surface area contributed by atoms with Crippen LogP contribution in [-0.2, 0) is 18.2 Å². The summed E-state index contributed by atoms with van der Waals surface area (Å²) in [5.41, 5.74) is 1.14. The molecule has 96 valence electrons. The van der Waals surface area contributed by atoms with E-state index in [1.807, 2.05) is 12.3 Å². The van der Waals surface area contributed by atoms with Gasteiger partial charge in [-0.15, -0.1) is 0 Å². The van der Waals surface area contributed by atoms with Crippen LogP contribution in [-0.4, -0.2) is 12.6 Å². The maximum atomic E-state index is 10.8. The minimum absolute atomic E-state index is 0.271. The second-order valence-electron chi connectivity index (χ2n) is 3.94. The minimum atomic E-state index is 0.271. The van der Waals surface area contributed by atoms with Crippen LogP contribution in [0.2, 0.25) is 0 Å². The van der Waals surface area contributed by atoms with E-state index in [1.165, 1.54) is 0 Å². The molecule has 2 rings (SSSR count). The Morgan fingerprint density at radius 2 is 1.89 bits per heavy atom. The summed E-state index contributed by atoms with van der Waals surface area (Å²) < 4.78 is 8.96. The standard InChI is InChI=1S/C14H14N2O3/c17-9-13-4-3-6-15(8-13)11-19-12-16-7-2-1-5-14(16)10-18/h1-10H,11-12H2/q+2. The predicted molar refractivity (Wildman–Crippen MR) is 65.1 cm³/mol. The summed E-state index contributed by atoms with van der Waals surface area (Å²) in [5, 5.41) is 0. The van der Waals surface area contributed by atoms with Gasteiger partial charge in [0.25, 0.3) is 13.5 Å².